The fourth-order valence-electron chi connectivity index (χ4n) is 3.21. The van der Waals surface area contributed by atoms with Gasteiger partial charge in [-0.05, 0) is 37.3 Å². The van der Waals surface area contributed by atoms with Crippen LogP contribution in [-0.2, 0) is 0 Å². The molecule has 0 radical (unpaired) electrons. The van der Waals surface area contributed by atoms with E-state index >= 15 is 0 Å². The number of pyridine rings is 1. The van der Waals surface area contributed by atoms with E-state index in [1.807, 2.05) is 79.7 Å². The second-order valence-corrected chi connectivity index (χ2v) is 6.84. The van der Waals surface area contributed by atoms with Crippen LogP contribution in [0, 0.1) is 0 Å². The van der Waals surface area contributed by atoms with Crippen LogP contribution in [0.3, 0.4) is 0 Å². The van der Waals surface area contributed by atoms with Gasteiger partial charge >= 0.3 is 0 Å². The molecule has 1 amide bonds. The molecule has 144 valence electrons. The minimum Gasteiger partial charge on any atom is -0.492 e. The van der Waals surface area contributed by atoms with E-state index in [0.29, 0.717) is 34.3 Å². The van der Waals surface area contributed by atoms with Gasteiger partial charge in [-0.25, -0.2) is 4.98 Å². The number of fused-ring (bicyclic) bond motifs is 1. The first-order chi connectivity index (χ1) is 14.2. The van der Waals surface area contributed by atoms with Gasteiger partial charge in [0.1, 0.15) is 5.75 Å². The number of anilines is 1. The molecule has 1 N–H and O–H groups in total. The normalized spacial score (nSPS) is 10.7. The summed E-state index contributed by atoms with van der Waals surface area (Å²) in [6, 6.07) is 24.2. The van der Waals surface area contributed by atoms with Crippen LogP contribution >= 0.6 is 11.6 Å². The molecule has 4 aromatic rings. The molecule has 1 heterocycles. The monoisotopic (exact) mass is 402 g/mol. The number of amides is 1. The number of hydrogen-bond donors (Lipinski definition) is 1. The number of nitrogens with one attached hydrogen (secondary N) is 1. The summed E-state index contributed by atoms with van der Waals surface area (Å²) in [5.41, 5.74) is 3.31. The molecule has 0 bridgehead atoms. The van der Waals surface area contributed by atoms with Gasteiger partial charge < -0.3 is 10.1 Å². The van der Waals surface area contributed by atoms with E-state index in [0.717, 1.165) is 16.5 Å². The molecular formula is C24H19ClN2O2. The van der Waals surface area contributed by atoms with Crippen LogP contribution in [0.1, 0.15) is 17.3 Å². The van der Waals surface area contributed by atoms with E-state index in [-0.39, 0.29) is 5.91 Å². The summed E-state index contributed by atoms with van der Waals surface area (Å²) in [7, 11) is 0. The van der Waals surface area contributed by atoms with E-state index in [1.54, 1.807) is 6.07 Å². The van der Waals surface area contributed by atoms with Gasteiger partial charge in [-0.3, -0.25) is 4.79 Å². The van der Waals surface area contributed by atoms with Crippen LogP contribution in [0.15, 0.2) is 78.9 Å². The molecule has 0 saturated carbocycles. The highest BCUT2D eigenvalue weighted by Crippen LogP contribution is 2.31. The number of ether oxygens (including phenoxy) is 1. The van der Waals surface area contributed by atoms with Crippen LogP contribution in [-0.4, -0.2) is 17.5 Å². The molecule has 0 spiro atoms. The number of rotatable bonds is 5. The second kappa shape index (κ2) is 8.33. The number of nitrogens with zero attached hydrogens (tertiary/aromatic N) is 1. The standard InChI is InChI=1S/C24H19ClN2O2/c1-2-29-23-14-8-7-13-21(23)27-24(28)18-15-22(17-10-3-5-11-19(17)25)26-20-12-6-4-9-16(18)20/h3-15H,2H2,1H3,(H,27,28). The van der Waals surface area contributed by atoms with E-state index in [2.05, 4.69) is 5.32 Å². The highest BCUT2D eigenvalue weighted by atomic mass is 35.5. The molecule has 4 nitrogen and oxygen atoms in total. The number of carbonyl (C=O) groups excluding carboxylic acids is 1. The third-order valence-corrected chi connectivity index (χ3v) is 4.88. The average Bonchev–Trinajstić information content (AvgIpc) is 2.75. The third-order valence-electron chi connectivity index (χ3n) is 4.55. The first-order valence-corrected chi connectivity index (χ1v) is 9.73. The van der Waals surface area contributed by atoms with Crippen molar-refractivity contribution in [1.82, 2.24) is 4.98 Å². The van der Waals surface area contributed by atoms with Crippen LogP contribution in [0.4, 0.5) is 5.69 Å². The van der Waals surface area contributed by atoms with Gasteiger partial charge in [-0.15, -0.1) is 0 Å². The lowest BCUT2D eigenvalue weighted by atomic mass is 10.0. The molecule has 0 aliphatic rings. The Morgan fingerprint density at radius 1 is 1.00 bits per heavy atom. The van der Waals surface area contributed by atoms with Crippen molar-refractivity contribution < 1.29 is 9.53 Å². The number of para-hydroxylation sites is 3. The fourth-order valence-corrected chi connectivity index (χ4v) is 3.44. The van der Waals surface area contributed by atoms with Crippen molar-refractivity contribution in [3.63, 3.8) is 0 Å². The van der Waals surface area contributed by atoms with Crippen molar-refractivity contribution in [3.05, 3.63) is 89.4 Å². The summed E-state index contributed by atoms with van der Waals surface area (Å²) >= 11 is 6.37. The highest BCUT2D eigenvalue weighted by Gasteiger charge is 2.16. The van der Waals surface area contributed by atoms with Gasteiger partial charge in [0.15, 0.2) is 0 Å². The molecule has 0 aliphatic heterocycles. The van der Waals surface area contributed by atoms with Crippen LogP contribution in [0.5, 0.6) is 5.75 Å². The lowest BCUT2D eigenvalue weighted by molar-refractivity contribution is 0.102. The minimum absolute atomic E-state index is 0.232. The first-order valence-electron chi connectivity index (χ1n) is 9.35. The van der Waals surface area contributed by atoms with Crippen molar-refractivity contribution in [2.45, 2.75) is 6.92 Å². The maximum absolute atomic E-state index is 13.2. The number of aromatic nitrogens is 1. The van der Waals surface area contributed by atoms with Gasteiger partial charge in [0, 0.05) is 16.0 Å². The van der Waals surface area contributed by atoms with Gasteiger partial charge in [0.05, 0.1) is 29.1 Å². The molecule has 0 saturated heterocycles. The summed E-state index contributed by atoms with van der Waals surface area (Å²) in [6.45, 7) is 2.42. The van der Waals surface area contributed by atoms with Crippen LogP contribution < -0.4 is 10.1 Å². The smallest absolute Gasteiger partial charge is 0.256 e. The fraction of sp³-hybridized carbons (Fsp3) is 0.0833. The summed E-state index contributed by atoms with van der Waals surface area (Å²) in [6.07, 6.45) is 0. The zero-order valence-corrected chi connectivity index (χ0v) is 16.6. The zero-order chi connectivity index (χ0) is 20.2. The van der Waals surface area contributed by atoms with Crippen molar-refractivity contribution in [1.29, 1.82) is 0 Å². The molecule has 5 heteroatoms. The van der Waals surface area contributed by atoms with E-state index in [1.165, 1.54) is 0 Å². The van der Waals surface area contributed by atoms with E-state index in [4.69, 9.17) is 21.3 Å². The molecule has 1 aromatic heterocycles. The van der Waals surface area contributed by atoms with E-state index < -0.39 is 0 Å². The van der Waals surface area contributed by atoms with Gasteiger partial charge in [-0.1, -0.05) is 60.1 Å². The molecule has 29 heavy (non-hydrogen) atoms. The van der Waals surface area contributed by atoms with Crippen molar-refractivity contribution in [2.24, 2.45) is 0 Å². The first kappa shape index (κ1) is 19.0. The lowest BCUT2D eigenvalue weighted by Gasteiger charge is -2.13. The summed E-state index contributed by atoms with van der Waals surface area (Å²) < 4.78 is 5.63. The topological polar surface area (TPSA) is 51.2 Å². The lowest BCUT2D eigenvalue weighted by Crippen LogP contribution is -2.14. The van der Waals surface area contributed by atoms with Gasteiger partial charge in [0.25, 0.3) is 5.91 Å². The maximum Gasteiger partial charge on any atom is 0.256 e. The van der Waals surface area contributed by atoms with Crippen LogP contribution in [0.2, 0.25) is 5.02 Å². The Kier molecular flexibility index (Phi) is 5.45. The van der Waals surface area contributed by atoms with Gasteiger partial charge in [-0.2, -0.15) is 0 Å². The average molecular weight is 403 g/mol. The number of carbonyl (C=O) groups is 1. The number of hydrogen-bond acceptors (Lipinski definition) is 3. The SMILES string of the molecule is CCOc1ccccc1NC(=O)c1cc(-c2ccccc2Cl)nc2ccccc12. The minimum atomic E-state index is -0.232. The summed E-state index contributed by atoms with van der Waals surface area (Å²) in [5.74, 6) is 0.400. The number of benzene rings is 3. The Morgan fingerprint density at radius 2 is 1.72 bits per heavy atom. The number of halogens is 1. The van der Waals surface area contributed by atoms with Crippen molar-refractivity contribution in [3.8, 4) is 17.0 Å². The molecule has 0 fully saturated rings. The van der Waals surface area contributed by atoms with Crippen molar-refractivity contribution >= 4 is 34.1 Å². The summed E-state index contributed by atoms with van der Waals surface area (Å²) in [5, 5.41) is 4.33. The zero-order valence-electron chi connectivity index (χ0n) is 15.9. The van der Waals surface area contributed by atoms with E-state index in [9.17, 15) is 4.79 Å². The Labute approximate surface area is 174 Å². The Bertz CT molecular complexity index is 1190. The van der Waals surface area contributed by atoms with Crippen molar-refractivity contribution in [2.75, 3.05) is 11.9 Å². The molecule has 0 aliphatic carbocycles. The molecule has 0 atom stereocenters. The highest BCUT2D eigenvalue weighted by molar-refractivity contribution is 6.33. The summed E-state index contributed by atoms with van der Waals surface area (Å²) in [4.78, 5) is 17.9. The van der Waals surface area contributed by atoms with Gasteiger partial charge in [0.2, 0.25) is 0 Å². The quantitative estimate of drug-likeness (QED) is 0.432. The Morgan fingerprint density at radius 3 is 2.55 bits per heavy atom. The van der Waals surface area contributed by atoms with Crippen LogP contribution in [0.25, 0.3) is 22.2 Å². The largest absolute Gasteiger partial charge is 0.492 e. The molecule has 3 aromatic carbocycles. The maximum atomic E-state index is 13.2. The predicted molar refractivity (Wildman–Crippen MR) is 118 cm³/mol. The Balaban J connectivity index is 1.81. The molecule has 4 rings (SSSR count). The second-order valence-electron chi connectivity index (χ2n) is 6.44. The Hall–Kier alpha value is -3.37. The molecular weight excluding hydrogens is 384 g/mol. The third kappa shape index (κ3) is 3.93. The predicted octanol–water partition coefficient (Wildman–Crippen LogP) is 6.21. The molecule has 0 unspecified atom stereocenters.